The number of hydrogen-bond donors (Lipinski definition) is 1. The average molecular weight is 317 g/mol. The number of fused-ring (bicyclic) bond motifs is 1. The van der Waals surface area contributed by atoms with E-state index in [1.165, 1.54) is 5.56 Å². The van der Waals surface area contributed by atoms with Crippen LogP contribution in [-0.4, -0.2) is 41.3 Å². The first kappa shape index (κ1) is 14.0. The minimum atomic E-state index is -3.09. The average Bonchev–Trinajstić information content (AvgIpc) is 3.34. The van der Waals surface area contributed by atoms with Gasteiger partial charge in [0.25, 0.3) is 0 Å². The molecule has 0 bridgehead atoms. The smallest absolute Gasteiger partial charge is 0.217 e. The van der Waals surface area contributed by atoms with Gasteiger partial charge < -0.3 is 0 Å². The zero-order valence-electron chi connectivity index (χ0n) is 12.3. The van der Waals surface area contributed by atoms with Gasteiger partial charge in [-0.05, 0) is 19.3 Å². The van der Waals surface area contributed by atoms with Crippen molar-refractivity contribution < 1.29 is 8.42 Å². The second-order valence-corrected chi connectivity index (χ2v) is 8.25. The molecule has 2 aromatic rings. The summed E-state index contributed by atoms with van der Waals surface area (Å²) in [5.41, 5.74) is 4.28. The van der Waals surface area contributed by atoms with E-state index < -0.39 is 10.0 Å². The molecule has 5 nitrogen and oxygen atoms in total. The summed E-state index contributed by atoms with van der Waals surface area (Å²) in [5, 5.41) is 7.43. The first-order chi connectivity index (χ1) is 10.7. The summed E-state index contributed by atoms with van der Waals surface area (Å²) in [5.74, 6) is 0. The van der Waals surface area contributed by atoms with Crippen molar-refractivity contribution >= 4 is 10.0 Å². The van der Waals surface area contributed by atoms with Gasteiger partial charge in [-0.3, -0.25) is 5.10 Å². The fourth-order valence-corrected chi connectivity index (χ4v) is 4.97. The molecule has 2 aliphatic rings. The predicted octanol–water partition coefficient (Wildman–Crippen LogP) is 1.97. The van der Waals surface area contributed by atoms with Gasteiger partial charge in [0.05, 0.1) is 10.9 Å². The Kier molecular flexibility index (Phi) is 3.31. The third kappa shape index (κ3) is 2.36. The predicted molar refractivity (Wildman–Crippen MR) is 84.9 cm³/mol. The zero-order chi connectivity index (χ0) is 15.2. The molecule has 22 heavy (non-hydrogen) atoms. The topological polar surface area (TPSA) is 66.1 Å². The molecule has 116 valence electrons. The molecule has 1 fully saturated rings. The Morgan fingerprint density at radius 2 is 1.82 bits per heavy atom. The van der Waals surface area contributed by atoms with Crippen LogP contribution in [0.1, 0.15) is 24.1 Å². The normalized spacial score (nSPS) is 19.6. The molecule has 1 saturated carbocycles. The van der Waals surface area contributed by atoms with Gasteiger partial charge in [0.1, 0.15) is 0 Å². The van der Waals surface area contributed by atoms with Crippen LogP contribution in [0.2, 0.25) is 0 Å². The zero-order valence-corrected chi connectivity index (χ0v) is 13.1. The molecule has 0 saturated heterocycles. The number of aromatic nitrogens is 2. The Bertz CT molecular complexity index is 779. The van der Waals surface area contributed by atoms with E-state index in [4.69, 9.17) is 0 Å². The van der Waals surface area contributed by atoms with Crippen LogP contribution in [0.15, 0.2) is 30.3 Å². The summed E-state index contributed by atoms with van der Waals surface area (Å²) in [6, 6.07) is 10.1. The highest BCUT2D eigenvalue weighted by Gasteiger charge is 2.40. The Balaban J connectivity index is 1.62. The molecule has 2 heterocycles. The Hall–Kier alpha value is -1.66. The molecule has 6 heteroatoms. The molecule has 1 aliphatic heterocycles. The van der Waals surface area contributed by atoms with Crippen molar-refractivity contribution in [2.24, 2.45) is 0 Å². The van der Waals surface area contributed by atoms with Crippen molar-refractivity contribution in [3.8, 4) is 11.3 Å². The summed E-state index contributed by atoms with van der Waals surface area (Å²) in [6.07, 6.45) is 3.07. The third-order valence-electron chi connectivity index (χ3n) is 4.53. The summed E-state index contributed by atoms with van der Waals surface area (Å²) < 4.78 is 26.5. The SMILES string of the molecule is O=S(=O)(C1CC1)N1CCc2[nH]nc(-c3ccccc3)c2CC1. The van der Waals surface area contributed by atoms with Crippen LogP contribution in [0.3, 0.4) is 0 Å². The number of rotatable bonds is 3. The third-order valence-corrected chi connectivity index (χ3v) is 6.93. The fraction of sp³-hybridized carbons (Fsp3) is 0.438. The molecular formula is C16H19N3O2S. The lowest BCUT2D eigenvalue weighted by Gasteiger charge is -2.19. The van der Waals surface area contributed by atoms with E-state index in [-0.39, 0.29) is 5.25 Å². The molecule has 1 N–H and O–H groups in total. The minimum absolute atomic E-state index is 0.129. The summed E-state index contributed by atoms with van der Waals surface area (Å²) in [7, 11) is -3.09. The molecule has 0 unspecified atom stereocenters. The van der Waals surface area contributed by atoms with Gasteiger partial charge in [-0.15, -0.1) is 0 Å². The van der Waals surface area contributed by atoms with Gasteiger partial charge in [0, 0.05) is 36.3 Å². The number of benzene rings is 1. The molecule has 1 aromatic heterocycles. The van der Waals surface area contributed by atoms with Crippen molar-refractivity contribution in [1.82, 2.24) is 14.5 Å². The second-order valence-electron chi connectivity index (χ2n) is 6.04. The highest BCUT2D eigenvalue weighted by molar-refractivity contribution is 7.90. The summed E-state index contributed by atoms with van der Waals surface area (Å²) in [4.78, 5) is 0. The van der Waals surface area contributed by atoms with Crippen molar-refractivity contribution in [3.63, 3.8) is 0 Å². The van der Waals surface area contributed by atoms with Crippen molar-refractivity contribution in [3.05, 3.63) is 41.6 Å². The van der Waals surface area contributed by atoms with Crippen molar-refractivity contribution in [2.75, 3.05) is 13.1 Å². The van der Waals surface area contributed by atoms with Crippen LogP contribution in [0.4, 0.5) is 0 Å². The maximum atomic E-state index is 12.4. The van der Waals surface area contributed by atoms with Crippen LogP contribution in [0.5, 0.6) is 0 Å². The van der Waals surface area contributed by atoms with E-state index >= 15 is 0 Å². The van der Waals surface area contributed by atoms with Crippen molar-refractivity contribution in [2.45, 2.75) is 30.9 Å². The maximum absolute atomic E-state index is 12.4. The number of nitrogens with one attached hydrogen (secondary N) is 1. The van der Waals surface area contributed by atoms with E-state index in [0.29, 0.717) is 19.5 Å². The molecule has 4 rings (SSSR count). The van der Waals surface area contributed by atoms with Crippen LogP contribution < -0.4 is 0 Å². The highest BCUT2D eigenvalue weighted by atomic mass is 32.2. The van der Waals surface area contributed by atoms with Crippen LogP contribution in [0.25, 0.3) is 11.3 Å². The molecule has 0 amide bonds. The van der Waals surface area contributed by atoms with E-state index in [1.54, 1.807) is 4.31 Å². The second kappa shape index (κ2) is 5.21. The van der Waals surface area contributed by atoms with Gasteiger partial charge in [-0.25, -0.2) is 12.7 Å². The van der Waals surface area contributed by atoms with E-state index in [1.807, 2.05) is 30.3 Å². The monoisotopic (exact) mass is 317 g/mol. The van der Waals surface area contributed by atoms with Crippen molar-refractivity contribution in [1.29, 1.82) is 0 Å². The van der Waals surface area contributed by atoms with Crippen LogP contribution in [-0.2, 0) is 22.9 Å². The molecule has 1 aliphatic carbocycles. The Morgan fingerprint density at radius 1 is 1.09 bits per heavy atom. The van der Waals surface area contributed by atoms with E-state index in [2.05, 4.69) is 10.2 Å². The Morgan fingerprint density at radius 3 is 2.55 bits per heavy atom. The fourth-order valence-electron chi connectivity index (χ4n) is 3.13. The number of hydrogen-bond acceptors (Lipinski definition) is 3. The highest BCUT2D eigenvalue weighted by Crippen LogP contribution is 2.33. The van der Waals surface area contributed by atoms with Gasteiger partial charge in [0.15, 0.2) is 0 Å². The van der Waals surface area contributed by atoms with Gasteiger partial charge >= 0.3 is 0 Å². The summed E-state index contributed by atoms with van der Waals surface area (Å²) in [6.45, 7) is 1.12. The van der Waals surface area contributed by atoms with Gasteiger partial charge in [0.2, 0.25) is 10.0 Å². The number of nitrogens with zero attached hydrogens (tertiary/aromatic N) is 2. The summed E-state index contributed by atoms with van der Waals surface area (Å²) >= 11 is 0. The maximum Gasteiger partial charge on any atom is 0.217 e. The first-order valence-electron chi connectivity index (χ1n) is 7.77. The standard InChI is InChI=1S/C16H19N3O2S/c20-22(21,13-6-7-13)19-10-8-14-15(9-11-19)17-18-16(14)12-4-2-1-3-5-12/h1-5,13H,6-11H2,(H,17,18). The largest absolute Gasteiger partial charge is 0.282 e. The lowest BCUT2D eigenvalue weighted by atomic mass is 10.0. The van der Waals surface area contributed by atoms with E-state index in [0.717, 1.165) is 36.2 Å². The molecule has 1 aromatic carbocycles. The minimum Gasteiger partial charge on any atom is -0.282 e. The molecule has 0 radical (unpaired) electrons. The van der Waals surface area contributed by atoms with Gasteiger partial charge in [-0.1, -0.05) is 30.3 Å². The quantitative estimate of drug-likeness (QED) is 0.941. The molecule has 0 spiro atoms. The lowest BCUT2D eigenvalue weighted by Crippen LogP contribution is -2.35. The van der Waals surface area contributed by atoms with E-state index in [9.17, 15) is 8.42 Å². The number of H-pyrrole nitrogens is 1. The van der Waals surface area contributed by atoms with Gasteiger partial charge in [-0.2, -0.15) is 5.10 Å². The Labute approximate surface area is 130 Å². The lowest BCUT2D eigenvalue weighted by molar-refractivity contribution is 0.424. The first-order valence-corrected chi connectivity index (χ1v) is 9.27. The number of sulfonamides is 1. The van der Waals surface area contributed by atoms with Crippen LogP contribution >= 0.6 is 0 Å². The van der Waals surface area contributed by atoms with Crippen LogP contribution in [0, 0.1) is 0 Å². The number of aromatic amines is 1. The molecular weight excluding hydrogens is 298 g/mol. The molecule has 0 atom stereocenters.